The molecule has 0 unspecified atom stereocenters. The summed E-state index contributed by atoms with van der Waals surface area (Å²) in [5.41, 5.74) is 3.65. The van der Waals surface area contributed by atoms with Crippen molar-refractivity contribution in [2.75, 3.05) is 20.1 Å². The minimum Gasteiger partial charge on any atom is -0.465 e. The fourth-order valence-corrected chi connectivity index (χ4v) is 3.32. The maximum absolute atomic E-state index is 11.0. The molecule has 1 aliphatic rings. The van der Waals surface area contributed by atoms with Crippen molar-refractivity contribution >= 4 is 6.09 Å². The predicted molar refractivity (Wildman–Crippen MR) is 98.5 cm³/mol. The molecule has 6 heteroatoms. The van der Waals surface area contributed by atoms with Crippen LogP contribution in [0.5, 0.6) is 0 Å². The summed E-state index contributed by atoms with van der Waals surface area (Å²) in [5, 5.41) is 17.9. The van der Waals surface area contributed by atoms with Crippen LogP contribution in [0.3, 0.4) is 0 Å². The Balaban J connectivity index is 1.58. The second-order valence-electron chi connectivity index (χ2n) is 6.66. The third-order valence-electron chi connectivity index (χ3n) is 4.92. The van der Waals surface area contributed by atoms with Crippen LogP contribution in [0.1, 0.15) is 24.0 Å². The summed E-state index contributed by atoms with van der Waals surface area (Å²) >= 11 is 0. The largest absolute Gasteiger partial charge is 0.465 e. The monoisotopic (exact) mass is 350 g/mol. The number of hydrogen-bond acceptors (Lipinski definition) is 4. The van der Waals surface area contributed by atoms with Crippen LogP contribution in [0.4, 0.5) is 4.79 Å². The van der Waals surface area contributed by atoms with Crippen LogP contribution in [0.25, 0.3) is 11.3 Å². The molecule has 6 nitrogen and oxygen atoms in total. The Morgan fingerprint density at radius 1 is 1.27 bits per heavy atom. The number of likely N-dealkylation sites (tertiary alicyclic amines) is 1. The van der Waals surface area contributed by atoms with Gasteiger partial charge in [0.1, 0.15) is 0 Å². The summed E-state index contributed by atoms with van der Waals surface area (Å²) in [6.45, 7) is 1.98. The second-order valence-corrected chi connectivity index (χ2v) is 6.66. The number of rotatable bonds is 4. The SMILES string of the molecule is CN(Cc1ccc(-c2ccc(C#N)cc2)nc1)C1CCN(C(=O)O)CC1. The normalized spacial score (nSPS) is 15.0. The number of carboxylic acid groups (broad SMARTS) is 1. The van der Waals surface area contributed by atoms with Crippen molar-refractivity contribution in [3.8, 4) is 17.3 Å². The van der Waals surface area contributed by atoms with Gasteiger partial charge < -0.3 is 10.0 Å². The first-order valence-corrected chi connectivity index (χ1v) is 8.70. The molecular weight excluding hydrogens is 328 g/mol. The van der Waals surface area contributed by atoms with E-state index in [-0.39, 0.29) is 0 Å². The smallest absolute Gasteiger partial charge is 0.407 e. The number of nitriles is 1. The molecule has 1 fully saturated rings. The Labute approximate surface area is 153 Å². The van der Waals surface area contributed by atoms with Gasteiger partial charge in [-0.15, -0.1) is 0 Å². The van der Waals surface area contributed by atoms with Gasteiger partial charge in [0.25, 0.3) is 0 Å². The zero-order chi connectivity index (χ0) is 18.5. The van der Waals surface area contributed by atoms with Crippen LogP contribution in [0, 0.1) is 11.3 Å². The number of amides is 1. The van der Waals surface area contributed by atoms with Crippen LogP contribution >= 0.6 is 0 Å². The molecule has 0 bridgehead atoms. The molecule has 1 aliphatic heterocycles. The van der Waals surface area contributed by atoms with Gasteiger partial charge in [-0.2, -0.15) is 5.26 Å². The third kappa shape index (κ3) is 4.19. The number of hydrogen-bond donors (Lipinski definition) is 1. The summed E-state index contributed by atoms with van der Waals surface area (Å²) in [5.74, 6) is 0. The number of carbonyl (C=O) groups is 1. The average molecular weight is 350 g/mol. The Morgan fingerprint density at radius 2 is 1.96 bits per heavy atom. The van der Waals surface area contributed by atoms with E-state index in [1.165, 1.54) is 4.90 Å². The molecule has 1 saturated heterocycles. The lowest BCUT2D eigenvalue weighted by molar-refractivity contribution is 0.103. The maximum Gasteiger partial charge on any atom is 0.407 e. The molecule has 2 aromatic rings. The molecule has 1 aromatic heterocycles. The van der Waals surface area contributed by atoms with Gasteiger partial charge in [0.05, 0.1) is 17.3 Å². The fourth-order valence-electron chi connectivity index (χ4n) is 3.32. The van der Waals surface area contributed by atoms with E-state index in [1.54, 1.807) is 12.1 Å². The van der Waals surface area contributed by atoms with E-state index in [0.29, 0.717) is 24.7 Å². The van der Waals surface area contributed by atoms with E-state index in [4.69, 9.17) is 10.4 Å². The van der Waals surface area contributed by atoms with Crippen molar-refractivity contribution in [3.05, 3.63) is 53.7 Å². The third-order valence-corrected chi connectivity index (χ3v) is 4.92. The molecule has 134 valence electrons. The van der Waals surface area contributed by atoms with Crippen LogP contribution in [0.2, 0.25) is 0 Å². The molecule has 0 radical (unpaired) electrons. The number of piperidine rings is 1. The lowest BCUT2D eigenvalue weighted by Gasteiger charge is -2.35. The summed E-state index contributed by atoms with van der Waals surface area (Å²) in [6.07, 6.45) is 2.78. The van der Waals surface area contributed by atoms with Crippen LogP contribution < -0.4 is 0 Å². The fraction of sp³-hybridized carbons (Fsp3) is 0.350. The van der Waals surface area contributed by atoms with E-state index < -0.39 is 6.09 Å². The Morgan fingerprint density at radius 3 is 2.50 bits per heavy atom. The first-order valence-electron chi connectivity index (χ1n) is 8.70. The zero-order valence-electron chi connectivity index (χ0n) is 14.8. The minimum absolute atomic E-state index is 0.392. The molecule has 0 atom stereocenters. The van der Waals surface area contributed by atoms with Gasteiger partial charge in [-0.3, -0.25) is 9.88 Å². The van der Waals surface area contributed by atoms with Gasteiger partial charge in [-0.25, -0.2) is 4.79 Å². The molecule has 2 heterocycles. The van der Waals surface area contributed by atoms with E-state index in [9.17, 15) is 4.79 Å². The van der Waals surface area contributed by atoms with Crippen molar-refractivity contribution in [3.63, 3.8) is 0 Å². The minimum atomic E-state index is -0.825. The van der Waals surface area contributed by atoms with Crippen molar-refractivity contribution in [2.45, 2.75) is 25.4 Å². The quantitative estimate of drug-likeness (QED) is 0.916. The highest BCUT2D eigenvalue weighted by Gasteiger charge is 2.24. The topological polar surface area (TPSA) is 80.5 Å². The Bertz CT molecular complexity index is 788. The summed E-state index contributed by atoms with van der Waals surface area (Å²) in [6, 6.07) is 14.0. The molecule has 0 saturated carbocycles. The van der Waals surface area contributed by atoms with Crippen LogP contribution in [0.15, 0.2) is 42.6 Å². The van der Waals surface area contributed by atoms with Gasteiger partial charge in [0.15, 0.2) is 0 Å². The number of benzene rings is 1. The van der Waals surface area contributed by atoms with Crippen molar-refractivity contribution < 1.29 is 9.90 Å². The molecule has 1 aromatic carbocycles. The Kier molecular flexibility index (Phi) is 5.49. The standard InChI is InChI=1S/C20H22N4O2/c1-23(18-8-10-24(11-9-18)20(25)26)14-16-4-7-19(22-13-16)17-5-2-15(12-21)3-6-17/h2-7,13,18H,8-11,14H2,1H3,(H,25,26). The first-order chi connectivity index (χ1) is 12.6. The van der Waals surface area contributed by atoms with Crippen molar-refractivity contribution in [2.24, 2.45) is 0 Å². The molecule has 3 rings (SSSR count). The van der Waals surface area contributed by atoms with Crippen LogP contribution in [-0.2, 0) is 6.54 Å². The lowest BCUT2D eigenvalue weighted by atomic mass is 10.0. The highest BCUT2D eigenvalue weighted by molar-refractivity contribution is 5.65. The molecule has 1 amide bonds. The highest BCUT2D eigenvalue weighted by atomic mass is 16.4. The van der Waals surface area contributed by atoms with Crippen molar-refractivity contribution in [1.29, 1.82) is 5.26 Å². The predicted octanol–water partition coefficient (Wildman–Crippen LogP) is 3.19. The van der Waals surface area contributed by atoms with Crippen molar-refractivity contribution in [1.82, 2.24) is 14.8 Å². The zero-order valence-corrected chi connectivity index (χ0v) is 14.8. The summed E-state index contributed by atoms with van der Waals surface area (Å²) in [7, 11) is 2.08. The van der Waals surface area contributed by atoms with Gasteiger partial charge in [0, 0.05) is 37.4 Å². The van der Waals surface area contributed by atoms with E-state index in [1.807, 2.05) is 24.4 Å². The summed E-state index contributed by atoms with van der Waals surface area (Å²) in [4.78, 5) is 19.3. The average Bonchev–Trinajstić information content (AvgIpc) is 2.68. The van der Waals surface area contributed by atoms with Gasteiger partial charge in [-0.1, -0.05) is 18.2 Å². The highest BCUT2D eigenvalue weighted by Crippen LogP contribution is 2.20. The van der Waals surface area contributed by atoms with E-state index >= 15 is 0 Å². The molecule has 26 heavy (non-hydrogen) atoms. The lowest BCUT2D eigenvalue weighted by Crippen LogP contribution is -2.44. The molecule has 0 aliphatic carbocycles. The number of nitrogens with zero attached hydrogens (tertiary/aromatic N) is 4. The van der Waals surface area contributed by atoms with E-state index in [0.717, 1.165) is 36.2 Å². The second kappa shape index (κ2) is 7.98. The Hall–Kier alpha value is -2.91. The number of aromatic nitrogens is 1. The van der Waals surface area contributed by atoms with Gasteiger partial charge in [-0.05, 0) is 43.7 Å². The molecule has 1 N–H and O–H groups in total. The number of pyridine rings is 1. The van der Waals surface area contributed by atoms with Gasteiger partial charge in [0.2, 0.25) is 0 Å². The first kappa shape index (κ1) is 17.9. The summed E-state index contributed by atoms with van der Waals surface area (Å²) < 4.78 is 0. The molecular formula is C20H22N4O2. The van der Waals surface area contributed by atoms with E-state index in [2.05, 4.69) is 29.1 Å². The van der Waals surface area contributed by atoms with Crippen LogP contribution in [-0.4, -0.2) is 52.2 Å². The molecule has 0 spiro atoms. The maximum atomic E-state index is 11.0. The van der Waals surface area contributed by atoms with Gasteiger partial charge >= 0.3 is 6.09 Å².